The summed E-state index contributed by atoms with van der Waals surface area (Å²) in [7, 11) is 0. The van der Waals surface area contributed by atoms with Crippen molar-refractivity contribution in [1.82, 2.24) is 14.8 Å². The molecule has 10 heteroatoms. The zero-order chi connectivity index (χ0) is 25.7. The lowest BCUT2D eigenvalue weighted by atomic mass is 9.95. The van der Waals surface area contributed by atoms with Crippen molar-refractivity contribution >= 4 is 40.0 Å². The summed E-state index contributed by atoms with van der Waals surface area (Å²) in [5, 5.41) is 12.9. The van der Waals surface area contributed by atoms with E-state index in [2.05, 4.69) is 15.5 Å². The van der Waals surface area contributed by atoms with Crippen LogP contribution >= 0.6 is 23.1 Å². The van der Waals surface area contributed by atoms with Crippen LogP contribution in [0, 0.1) is 6.92 Å². The topological polar surface area (TPSA) is 95.3 Å². The number of aromatic nitrogens is 3. The van der Waals surface area contributed by atoms with Gasteiger partial charge in [0.25, 0.3) is 0 Å². The molecule has 1 unspecified atom stereocenters. The summed E-state index contributed by atoms with van der Waals surface area (Å²) in [6.07, 6.45) is 3.62. The van der Waals surface area contributed by atoms with Crippen LogP contribution in [0.15, 0.2) is 29.4 Å². The van der Waals surface area contributed by atoms with Crippen molar-refractivity contribution in [3.05, 3.63) is 51.7 Å². The number of fused-ring (bicyclic) bond motifs is 1. The highest BCUT2D eigenvalue weighted by molar-refractivity contribution is 7.99. The number of benzene rings is 1. The number of amides is 1. The standard InChI is InChI=1S/C26H32N4O4S2/c1-5-30-23(17(4)34-19-13-9-7-11-16(19)3)28-29-26(30)35-15-21(31)27-24-22(25(32)33-6-2)18-12-8-10-14-20(18)36-24/h7,9,11,13,17H,5-6,8,10,12,14-15H2,1-4H3,(H,27,31). The lowest BCUT2D eigenvalue weighted by Gasteiger charge is -2.17. The number of carbonyl (C=O) groups excluding carboxylic acids is 2. The normalized spacial score (nSPS) is 13.7. The Kier molecular flexibility index (Phi) is 8.68. The van der Waals surface area contributed by atoms with E-state index in [1.807, 2.05) is 49.6 Å². The molecule has 1 aromatic carbocycles. The number of nitrogens with one attached hydrogen (secondary N) is 1. The minimum atomic E-state index is -0.363. The van der Waals surface area contributed by atoms with E-state index in [9.17, 15) is 9.59 Å². The molecule has 0 radical (unpaired) electrons. The number of rotatable bonds is 10. The smallest absolute Gasteiger partial charge is 0.341 e. The first-order valence-electron chi connectivity index (χ1n) is 12.3. The first kappa shape index (κ1) is 26.2. The van der Waals surface area contributed by atoms with Crippen molar-refractivity contribution in [1.29, 1.82) is 0 Å². The Balaban J connectivity index is 1.44. The number of thiophene rings is 1. The summed E-state index contributed by atoms with van der Waals surface area (Å²) in [5.41, 5.74) is 2.61. The van der Waals surface area contributed by atoms with Gasteiger partial charge in [0.15, 0.2) is 17.1 Å². The number of esters is 1. The van der Waals surface area contributed by atoms with Crippen LogP contribution < -0.4 is 10.1 Å². The third-order valence-corrected chi connectivity index (χ3v) is 8.23. The fourth-order valence-electron chi connectivity index (χ4n) is 4.30. The van der Waals surface area contributed by atoms with Gasteiger partial charge in [-0.3, -0.25) is 4.79 Å². The van der Waals surface area contributed by atoms with Gasteiger partial charge in [-0.15, -0.1) is 21.5 Å². The molecular formula is C26H32N4O4S2. The lowest BCUT2D eigenvalue weighted by Crippen LogP contribution is -2.17. The van der Waals surface area contributed by atoms with E-state index in [1.54, 1.807) is 6.92 Å². The number of anilines is 1. The average molecular weight is 529 g/mol. The predicted molar refractivity (Wildman–Crippen MR) is 142 cm³/mol. The summed E-state index contributed by atoms with van der Waals surface area (Å²) in [6.45, 7) is 8.70. The van der Waals surface area contributed by atoms with Crippen LogP contribution in [-0.4, -0.2) is 39.0 Å². The Morgan fingerprint density at radius 2 is 1.97 bits per heavy atom. The number of hydrogen-bond acceptors (Lipinski definition) is 8. The maximum atomic E-state index is 12.9. The van der Waals surface area contributed by atoms with E-state index in [1.165, 1.54) is 28.0 Å². The predicted octanol–water partition coefficient (Wildman–Crippen LogP) is 5.59. The third kappa shape index (κ3) is 5.75. The maximum Gasteiger partial charge on any atom is 0.341 e. The Hall–Kier alpha value is -2.85. The number of hydrogen-bond donors (Lipinski definition) is 1. The Labute approximate surface area is 219 Å². The van der Waals surface area contributed by atoms with Crippen molar-refractivity contribution < 1.29 is 19.1 Å². The van der Waals surface area contributed by atoms with Gasteiger partial charge in [-0.2, -0.15) is 0 Å². The van der Waals surface area contributed by atoms with Gasteiger partial charge in [-0.25, -0.2) is 4.79 Å². The summed E-state index contributed by atoms with van der Waals surface area (Å²) in [6, 6.07) is 7.86. The molecule has 3 aromatic rings. The van der Waals surface area contributed by atoms with Gasteiger partial charge in [-0.05, 0) is 70.6 Å². The Bertz CT molecular complexity index is 1240. The van der Waals surface area contributed by atoms with E-state index < -0.39 is 0 Å². The molecule has 0 aliphatic heterocycles. The molecule has 1 aliphatic rings. The molecule has 0 saturated heterocycles. The maximum absolute atomic E-state index is 12.9. The number of para-hydroxylation sites is 1. The van der Waals surface area contributed by atoms with Crippen LogP contribution in [0.1, 0.15) is 71.9 Å². The highest BCUT2D eigenvalue weighted by atomic mass is 32.2. The molecule has 0 bridgehead atoms. The zero-order valence-electron chi connectivity index (χ0n) is 21.1. The lowest BCUT2D eigenvalue weighted by molar-refractivity contribution is -0.113. The summed E-state index contributed by atoms with van der Waals surface area (Å²) >= 11 is 2.81. The molecule has 1 amide bonds. The van der Waals surface area contributed by atoms with Gasteiger partial charge in [0.05, 0.1) is 17.9 Å². The second-order valence-corrected chi connectivity index (χ2v) is 10.6. The van der Waals surface area contributed by atoms with Crippen LogP contribution in [0.5, 0.6) is 5.75 Å². The molecule has 1 atom stereocenters. The second kappa shape index (κ2) is 11.9. The number of thioether (sulfide) groups is 1. The minimum Gasteiger partial charge on any atom is -0.482 e. The van der Waals surface area contributed by atoms with Crippen molar-refractivity contribution in [3.63, 3.8) is 0 Å². The van der Waals surface area contributed by atoms with Gasteiger partial charge >= 0.3 is 5.97 Å². The minimum absolute atomic E-state index is 0.149. The van der Waals surface area contributed by atoms with Crippen molar-refractivity contribution in [3.8, 4) is 5.75 Å². The van der Waals surface area contributed by atoms with Gasteiger partial charge in [0, 0.05) is 11.4 Å². The van der Waals surface area contributed by atoms with E-state index >= 15 is 0 Å². The molecule has 2 heterocycles. The van der Waals surface area contributed by atoms with Crippen LogP contribution in [-0.2, 0) is 28.9 Å². The van der Waals surface area contributed by atoms with Crippen molar-refractivity contribution in [2.75, 3.05) is 17.7 Å². The number of nitrogens with zero attached hydrogens (tertiary/aromatic N) is 3. The van der Waals surface area contributed by atoms with Gasteiger partial charge in [0.1, 0.15) is 10.8 Å². The second-order valence-electron chi connectivity index (χ2n) is 8.58. The Morgan fingerprint density at radius 3 is 2.72 bits per heavy atom. The first-order chi connectivity index (χ1) is 17.4. The number of aryl methyl sites for hydroxylation is 2. The third-order valence-electron chi connectivity index (χ3n) is 6.06. The highest BCUT2D eigenvalue weighted by Crippen LogP contribution is 2.38. The average Bonchev–Trinajstić information content (AvgIpc) is 3.45. The molecule has 0 spiro atoms. The molecule has 0 saturated carbocycles. The molecule has 8 nitrogen and oxygen atoms in total. The number of carbonyl (C=O) groups is 2. The van der Waals surface area contributed by atoms with Crippen LogP contribution in [0.4, 0.5) is 5.00 Å². The van der Waals surface area contributed by atoms with Gasteiger partial charge < -0.3 is 19.4 Å². The van der Waals surface area contributed by atoms with E-state index in [-0.39, 0.29) is 23.7 Å². The zero-order valence-corrected chi connectivity index (χ0v) is 22.8. The van der Waals surface area contributed by atoms with Crippen LogP contribution in [0.25, 0.3) is 0 Å². The van der Waals surface area contributed by atoms with E-state index in [0.717, 1.165) is 42.6 Å². The number of ether oxygens (including phenoxy) is 2. The monoisotopic (exact) mass is 528 g/mol. The summed E-state index contributed by atoms with van der Waals surface area (Å²) in [4.78, 5) is 26.7. The fourth-order valence-corrected chi connectivity index (χ4v) is 6.41. The molecule has 0 fully saturated rings. The molecule has 192 valence electrons. The van der Waals surface area contributed by atoms with Crippen LogP contribution in [0.2, 0.25) is 0 Å². The highest BCUT2D eigenvalue weighted by Gasteiger charge is 2.27. The summed E-state index contributed by atoms with van der Waals surface area (Å²) < 4.78 is 13.4. The molecule has 1 aliphatic carbocycles. The molecular weight excluding hydrogens is 496 g/mol. The van der Waals surface area contributed by atoms with Crippen molar-refractivity contribution in [2.24, 2.45) is 0 Å². The van der Waals surface area contributed by atoms with E-state index in [4.69, 9.17) is 9.47 Å². The largest absolute Gasteiger partial charge is 0.482 e. The van der Waals surface area contributed by atoms with Crippen molar-refractivity contribution in [2.45, 2.75) is 71.2 Å². The molecule has 2 aromatic heterocycles. The summed E-state index contributed by atoms with van der Waals surface area (Å²) in [5.74, 6) is 1.11. The SMILES string of the molecule is CCOC(=O)c1c(NC(=O)CSc2nnc(C(C)Oc3ccccc3C)n2CC)sc2c1CCCC2. The van der Waals surface area contributed by atoms with E-state index in [0.29, 0.717) is 34.7 Å². The Morgan fingerprint density at radius 1 is 1.19 bits per heavy atom. The first-order valence-corrected chi connectivity index (χ1v) is 14.1. The quantitative estimate of drug-likeness (QED) is 0.271. The molecule has 4 rings (SSSR count). The van der Waals surface area contributed by atoms with Crippen LogP contribution in [0.3, 0.4) is 0 Å². The van der Waals surface area contributed by atoms with Gasteiger partial charge in [0.2, 0.25) is 5.91 Å². The molecule has 1 N–H and O–H groups in total. The van der Waals surface area contributed by atoms with Gasteiger partial charge in [-0.1, -0.05) is 30.0 Å². The fraction of sp³-hybridized carbons (Fsp3) is 0.462. The molecule has 36 heavy (non-hydrogen) atoms.